The first-order valence-electron chi connectivity index (χ1n) is 15.9. The van der Waals surface area contributed by atoms with Crippen LogP contribution in [0.2, 0.25) is 0 Å². The van der Waals surface area contributed by atoms with E-state index in [1.54, 1.807) is 0 Å². The maximum atomic E-state index is 12.5. The van der Waals surface area contributed by atoms with Crippen molar-refractivity contribution in [1.82, 2.24) is 0 Å². The van der Waals surface area contributed by atoms with Crippen LogP contribution in [0.25, 0.3) is 0 Å². The van der Waals surface area contributed by atoms with Crippen molar-refractivity contribution in [3.05, 3.63) is 11.6 Å². The van der Waals surface area contributed by atoms with E-state index in [1.165, 1.54) is 50.5 Å². The van der Waals surface area contributed by atoms with E-state index >= 15 is 0 Å². The third-order valence-electron chi connectivity index (χ3n) is 11.7. The van der Waals surface area contributed by atoms with Gasteiger partial charge < -0.3 is 24.8 Å². The third kappa shape index (κ3) is 7.66. The van der Waals surface area contributed by atoms with Gasteiger partial charge in [-0.05, 0) is 91.3 Å². The Balaban J connectivity index is 0.00000323. The van der Waals surface area contributed by atoms with Crippen LogP contribution in [0.3, 0.4) is 0 Å². The lowest BCUT2D eigenvalue weighted by Crippen LogP contribution is -2.51. The van der Waals surface area contributed by atoms with E-state index in [1.807, 2.05) is 0 Å². The van der Waals surface area contributed by atoms with Gasteiger partial charge in [0.25, 0.3) is 0 Å². The molecular weight excluding hydrogens is 548 g/mol. The highest BCUT2D eigenvalue weighted by Gasteiger charge is 2.59. The summed E-state index contributed by atoms with van der Waals surface area (Å²) in [5.74, 6) is 0.586. The first-order chi connectivity index (χ1) is 19.3. The average molecular weight is 609 g/mol. The minimum Gasteiger partial charge on any atom is -0.479 e. The number of aliphatic hydroxyl groups is 2. The molecule has 0 heterocycles. The molecule has 0 aromatic heterocycles. The van der Waals surface area contributed by atoms with Gasteiger partial charge in [-0.15, -0.1) is 0 Å². The molecule has 0 aromatic rings. The number of hydrogen-bond acceptors (Lipinski definition) is 7. The molecule has 248 valence electrons. The fourth-order valence-corrected chi connectivity index (χ4v) is 9.46. The number of esters is 2. The maximum Gasteiger partial charge on any atom is 0.341 e. The quantitative estimate of drug-likeness (QED) is 0.178. The summed E-state index contributed by atoms with van der Waals surface area (Å²) in [5.41, 5.74) is 1.83. The van der Waals surface area contributed by atoms with Crippen molar-refractivity contribution in [3.8, 4) is 0 Å². The van der Waals surface area contributed by atoms with E-state index in [0.717, 1.165) is 36.5 Å². The van der Waals surface area contributed by atoms with Gasteiger partial charge in [0, 0.05) is 6.42 Å². The Kier molecular flexibility index (Phi) is 12.9. The first kappa shape index (κ1) is 37.3. The van der Waals surface area contributed by atoms with Crippen LogP contribution in [-0.4, -0.2) is 58.1 Å². The summed E-state index contributed by atoms with van der Waals surface area (Å²) < 4.78 is 9.92. The van der Waals surface area contributed by atoms with Crippen LogP contribution < -0.4 is 0 Å². The number of aliphatic hydroxyl groups excluding tert-OH is 2. The number of hydrogen-bond donors (Lipinski definition) is 3. The molecule has 3 N–H and O–H groups in total. The highest BCUT2D eigenvalue weighted by molar-refractivity contribution is 5.86. The van der Waals surface area contributed by atoms with Gasteiger partial charge in [0.1, 0.15) is 6.10 Å². The molecular formula is C35H60O8. The molecule has 43 heavy (non-hydrogen) atoms. The molecule has 0 amide bonds. The fourth-order valence-electron chi connectivity index (χ4n) is 9.46. The Morgan fingerprint density at radius 1 is 0.930 bits per heavy atom. The number of carbonyl (C=O) groups is 3. The third-order valence-corrected chi connectivity index (χ3v) is 11.7. The van der Waals surface area contributed by atoms with Crippen LogP contribution in [0, 0.1) is 46.3 Å². The van der Waals surface area contributed by atoms with Crippen molar-refractivity contribution in [2.45, 2.75) is 138 Å². The van der Waals surface area contributed by atoms with Gasteiger partial charge in [0.05, 0.1) is 0 Å². The summed E-state index contributed by atoms with van der Waals surface area (Å²) >= 11 is 0. The van der Waals surface area contributed by atoms with Crippen LogP contribution in [-0.2, 0) is 23.9 Å². The second kappa shape index (κ2) is 14.9. The van der Waals surface area contributed by atoms with Gasteiger partial charge in [-0.2, -0.15) is 0 Å². The van der Waals surface area contributed by atoms with Gasteiger partial charge in [-0.25, -0.2) is 14.4 Å². The predicted molar refractivity (Wildman–Crippen MR) is 167 cm³/mol. The van der Waals surface area contributed by atoms with Gasteiger partial charge >= 0.3 is 17.9 Å². The zero-order valence-corrected chi connectivity index (χ0v) is 25.6. The number of carbonyl (C=O) groups excluding carboxylic acids is 2. The smallest absolute Gasteiger partial charge is 0.341 e. The molecule has 8 nitrogen and oxygen atoms in total. The molecule has 4 aliphatic carbocycles. The van der Waals surface area contributed by atoms with Gasteiger partial charge in [0.15, 0.2) is 18.8 Å². The highest BCUT2D eigenvalue weighted by atomic mass is 16.6. The lowest BCUT2D eigenvalue weighted by molar-refractivity contribution is -0.178. The van der Waals surface area contributed by atoms with Crippen LogP contribution in [0.4, 0.5) is 0 Å². The number of rotatable bonds is 11. The maximum absolute atomic E-state index is 12.5. The van der Waals surface area contributed by atoms with Crippen molar-refractivity contribution < 1.29 is 39.2 Å². The highest BCUT2D eigenvalue weighted by Crippen LogP contribution is 2.67. The fraction of sp³-hybridized carbons (Fsp3) is 0.857. The molecule has 0 aliphatic heterocycles. The number of allylic oxidation sites excluding steroid dienone is 1. The molecule has 0 aromatic carbocycles. The average Bonchev–Trinajstić information content (AvgIpc) is 3.28. The Morgan fingerprint density at radius 2 is 1.60 bits per heavy atom. The van der Waals surface area contributed by atoms with Crippen molar-refractivity contribution in [2.24, 2.45) is 46.3 Å². The molecule has 0 radical (unpaired) electrons. The largest absolute Gasteiger partial charge is 0.479 e. The van der Waals surface area contributed by atoms with E-state index < -0.39 is 42.8 Å². The SMILES string of the molecule is C.C.CC(C)CCC[C@H](C)[C@@H]1CCC2[C@H]3CC=C4CC(OC(=O)C(O)C(O)C(=O)OCC(=O)O)CC[C@@]4(C)[C@@H]3CCC21C. The summed E-state index contributed by atoms with van der Waals surface area (Å²) in [6.45, 7) is 11.2. The summed E-state index contributed by atoms with van der Waals surface area (Å²) in [5, 5.41) is 28.7. The number of ether oxygens (including phenoxy) is 2. The summed E-state index contributed by atoms with van der Waals surface area (Å²) in [6.07, 6.45) is 10.1. The zero-order chi connectivity index (χ0) is 30.1. The lowest BCUT2D eigenvalue weighted by Gasteiger charge is -2.58. The Hall–Kier alpha value is -1.93. The van der Waals surface area contributed by atoms with Crippen LogP contribution in [0.5, 0.6) is 0 Å². The Bertz CT molecular complexity index is 1010. The normalized spacial score (nSPS) is 35.0. The van der Waals surface area contributed by atoms with Gasteiger partial charge in [0.2, 0.25) is 0 Å². The first-order valence-corrected chi connectivity index (χ1v) is 15.9. The van der Waals surface area contributed by atoms with Crippen LogP contribution in [0.15, 0.2) is 11.6 Å². The molecule has 8 heteroatoms. The molecule has 0 bridgehead atoms. The van der Waals surface area contributed by atoms with Crippen LogP contribution >= 0.6 is 0 Å². The van der Waals surface area contributed by atoms with Crippen molar-refractivity contribution >= 4 is 17.9 Å². The number of aliphatic carboxylic acids is 1. The van der Waals surface area contributed by atoms with E-state index in [-0.39, 0.29) is 20.3 Å². The minimum atomic E-state index is -2.20. The molecule has 3 saturated carbocycles. The van der Waals surface area contributed by atoms with Crippen molar-refractivity contribution in [2.75, 3.05) is 6.61 Å². The van der Waals surface area contributed by atoms with Crippen molar-refractivity contribution in [1.29, 1.82) is 0 Å². The molecule has 5 unspecified atom stereocenters. The summed E-state index contributed by atoms with van der Waals surface area (Å²) in [7, 11) is 0. The second-order valence-corrected chi connectivity index (χ2v) is 14.5. The van der Waals surface area contributed by atoms with E-state index in [2.05, 4.69) is 45.4 Å². The molecule has 0 saturated heterocycles. The standard InChI is InChI=1S/C33H52O8.2CH4/c1-19(2)7-6-8-20(3)24-11-12-25-23-10-9-21-17-22(13-15-32(21,4)26(23)14-16-33(24,25)5)41-31(39)29(37)28(36)30(38)40-18-27(34)35;;/h9,19-20,22-26,28-29,36-37H,6-8,10-18H2,1-5H3,(H,34,35);2*1H4/t20-,22?,23+,24-,25?,26+,28?,29?,32+,33?;;/m0../s1. The molecule has 3 fully saturated rings. The zero-order valence-electron chi connectivity index (χ0n) is 25.6. The lowest BCUT2D eigenvalue weighted by atomic mass is 9.47. The van der Waals surface area contributed by atoms with E-state index in [0.29, 0.717) is 30.1 Å². The van der Waals surface area contributed by atoms with E-state index in [4.69, 9.17) is 9.84 Å². The molecule has 4 aliphatic rings. The summed E-state index contributed by atoms with van der Waals surface area (Å²) in [4.78, 5) is 34.9. The number of carboxylic acid groups (broad SMARTS) is 1. The number of fused-ring (bicyclic) bond motifs is 5. The molecule has 10 atom stereocenters. The predicted octanol–water partition coefficient (Wildman–Crippen LogP) is 6.56. The van der Waals surface area contributed by atoms with Crippen LogP contribution in [0.1, 0.15) is 120 Å². The van der Waals surface area contributed by atoms with E-state index in [9.17, 15) is 24.6 Å². The molecule has 0 spiro atoms. The van der Waals surface area contributed by atoms with Gasteiger partial charge in [-0.1, -0.05) is 80.4 Å². The van der Waals surface area contributed by atoms with Gasteiger partial charge in [-0.3, -0.25) is 0 Å². The topological polar surface area (TPSA) is 130 Å². The minimum absolute atomic E-state index is 0. The summed E-state index contributed by atoms with van der Waals surface area (Å²) in [6, 6.07) is 0. The number of carboxylic acids is 1. The Morgan fingerprint density at radius 3 is 2.26 bits per heavy atom. The Labute approximate surface area is 260 Å². The van der Waals surface area contributed by atoms with Crippen molar-refractivity contribution in [3.63, 3.8) is 0 Å². The molecule has 4 rings (SSSR count). The second-order valence-electron chi connectivity index (χ2n) is 14.5. The monoisotopic (exact) mass is 608 g/mol.